The lowest BCUT2D eigenvalue weighted by Gasteiger charge is -2.34. The van der Waals surface area contributed by atoms with E-state index in [4.69, 9.17) is 0 Å². The molecule has 0 aliphatic heterocycles. The van der Waals surface area contributed by atoms with Gasteiger partial charge in [0.2, 0.25) is 0 Å². The van der Waals surface area contributed by atoms with Crippen LogP contribution in [0.2, 0.25) is 0 Å². The average Bonchev–Trinajstić information content (AvgIpc) is 3.27. The Hall–Kier alpha value is -7.42. The number of rotatable bonds is 6. The summed E-state index contributed by atoms with van der Waals surface area (Å²) in [5.41, 5.74) is 6.88. The summed E-state index contributed by atoms with van der Waals surface area (Å²) in [4.78, 5) is 5.05. The van der Waals surface area contributed by atoms with Gasteiger partial charge < -0.3 is 9.80 Å². The third-order valence-corrected chi connectivity index (χ3v) is 11.4. The smallest absolute Gasteiger partial charge is 0.0620 e. The number of anilines is 6. The molecular formula is C54H36N2. The second kappa shape index (κ2) is 13.2. The van der Waals surface area contributed by atoms with E-state index in [1.807, 2.05) is 0 Å². The molecule has 11 rings (SSSR count). The molecule has 0 aliphatic carbocycles. The molecule has 0 spiro atoms. The summed E-state index contributed by atoms with van der Waals surface area (Å²) in [6.45, 7) is 0. The molecular weight excluding hydrogens is 677 g/mol. The van der Waals surface area contributed by atoms with Crippen molar-refractivity contribution in [3.63, 3.8) is 0 Å². The van der Waals surface area contributed by atoms with Gasteiger partial charge in [0.05, 0.1) is 34.1 Å². The fourth-order valence-corrected chi connectivity index (χ4v) is 8.92. The number of nitrogens with zero attached hydrogens (tertiary/aromatic N) is 2. The molecule has 0 aliphatic rings. The van der Waals surface area contributed by atoms with E-state index in [9.17, 15) is 0 Å². The zero-order chi connectivity index (χ0) is 37.0. The lowest BCUT2D eigenvalue weighted by molar-refractivity contribution is 1.32. The Bertz CT molecular complexity index is 2830. The molecule has 0 radical (unpaired) electrons. The Morgan fingerprint density at radius 3 is 0.625 bits per heavy atom. The van der Waals surface area contributed by atoms with Crippen molar-refractivity contribution in [2.75, 3.05) is 9.80 Å². The van der Waals surface area contributed by atoms with Gasteiger partial charge in [0.15, 0.2) is 0 Å². The van der Waals surface area contributed by atoms with E-state index in [1.165, 1.54) is 64.6 Å². The highest BCUT2D eigenvalue weighted by atomic mass is 15.2. The third kappa shape index (κ3) is 5.04. The Kier molecular flexibility index (Phi) is 7.53. The summed E-state index contributed by atoms with van der Waals surface area (Å²) in [5.74, 6) is 0. The van der Waals surface area contributed by atoms with Crippen LogP contribution in [0.25, 0.3) is 64.6 Å². The van der Waals surface area contributed by atoms with E-state index in [-0.39, 0.29) is 0 Å². The summed E-state index contributed by atoms with van der Waals surface area (Å²) in [5, 5.41) is 14.3. The van der Waals surface area contributed by atoms with Gasteiger partial charge in [-0.25, -0.2) is 0 Å². The van der Waals surface area contributed by atoms with Crippen molar-refractivity contribution >= 4 is 98.8 Å². The van der Waals surface area contributed by atoms with Gasteiger partial charge in [-0.1, -0.05) is 194 Å². The van der Waals surface area contributed by atoms with Crippen LogP contribution in [0.5, 0.6) is 0 Å². The molecule has 0 heterocycles. The molecule has 262 valence electrons. The van der Waals surface area contributed by atoms with Gasteiger partial charge in [-0.05, 0) is 45.8 Å². The van der Waals surface area contributed by atoms with Gasteiger partial charge in [0, 0.05) is 43.1 Å². The van der Waals surface area contributed by atoms with Gasteiger partial charge in [0.25, 0.3) is 0 Å². The van der Waals surface area contributed by atoms with Gasteiger partial charge in [0.1, 0.15) is 0 Å². The molecule has 0 unspecified atom stereocenters. The quantitative estimate of drug-likeness (QED) is 0.125. The molecule has 11 aromatic rings. The van der Waals surface area contributed by atoms with Gasteiger partial charge >= 0.3 is 0 Å². The highest BCUT2D eigenvalue weighted by molar-refractivity contribution is 6.26. The van der Waals surface area contributed by atoms with Gasteiger partial charge in [-0.3, -0.25) is 0 Å². The summed E-state index contributed by atoms with van der Waals surface area (Å²) in [6, 6.07) is 79.7. The highest BCUT2D eigenvalue weighted by Gasteiger charge is 2.28. The molecule has 0 atom stereocenters. The molecule has 0 N–H and O–H groups in total. The zero-order valence-electron chi connectivity index (χ0n) is 30.7. The Morgan fingerprint density at radius 1 is 0.179 bits per heavy atom. The Labute approximate surface area is 325 Å². The van der Waals surface area contributed by atoms with Crippen LogP contribution in [0.15, 0.2) is 218 Å². The first-order chi connectivity index (χ1) is 27.8. The standard InChI is InChI=1S/C54H36N2/c1-5-25-41-37(17-1)21-13-33-49(41)55(50-34-14-22-38-18-2-6-26-42(38)50)53-45-29-9-11-31-47(45)54(48-32-12-10-30-46(48)53)56(51-35-15-23-39-19-3-7-27-43(39)51)52-36-16-24-40-20-4-8-28-44(40)52/h1-36H. The first-order valence-corrected chi connectivity index (χ1v) is 19.3. The predicted octanol–water partition coefficient (Wildman–Crippen LogP) is 15.5. The van der Waals surface area contributed by atoms with Crippen molar-refractivity contribution in [2.24, 2.45) is 0 Å². The lowest BCUT2D eigenvalue weighted by atomic mass is 9.93. The molecule has 2 heteroatoms. The van der Waals surface area contributed by atoms with Gasteiger partial charge in [-0.15, -0.1) is 0 Å². The number of benzene rings is 11. The number of hydrogen-bond acceptors (Lipinski definition) is 2. The third-order valence-electron chi connectivity index (χ3n) is 11.4. The Balaban J connectivity index is 1.32. The first kappa shape index (κ1) is 32.0. The van der Waals surface area contributed by atoms with Crippen molar-refractivity contribution in [3.8, 4) is 0 Å². The molecule has 0 fully saturated rings. The van der Waals surface area contributed by atoms with Crippen LogP contribution in [0, 0.1) is 0 Å². The second-order valence-electron chi connectivity index (χ2n) is 14.5. The van der Waals surface area contributed by atoms with E-state index in [2.05, 4.69) is 228 Å². The van der Waals surface area contributed by atoms with E-state index in [1.54, 1.807) is 0 Å². The average molecular weight is 713 g/mol. The molecule has 11 aromatic carbocycles. The van der Waals surface area contributed by atoms with Crippen molar-refractivity contribution in [1.29, 1.82) is 0 Å². The lowest BCUT2D eigenvalue weighted by Crippen LogP contribution is -2.15. The summed E-state index contributed by atoms with van der Waals surface area (Å²) >= 11 is 0. The SMILES string of the molecule is c1ccc2c(N(c3cccc4ccccc34)c3c4ccccc4c(N(c4cccc5ccccc45)c4cccc5ccccc45)c4ccccc34)cccc2c1. The van der Waals surface area contributed by atoms with E-state index in [0.717, 1.165) is 34.1 Å². The van der Waals surface area contributed by atoms with Crippen LogP contribution < -0.4 is 9.80 Å². The summed E-state index contributed by atoms with van der Waals surface area (Å²) in [7, 11) is 0. The molecule has 2 nitrogen and oxygen atoms in total. The van der Waals surface area contributed by atoms with E-state index >= 15 is 0 Å². The topological polar surface area (TPSA) is 6.48 Å². The first-order valence-electron chi connectivity index (χ1n) is 19.3. The maximum absolute atomic E-state index is 2.53. The largest absolute Gasteiger partial charge is 0.308 e. The van der Waals surface area contributed by atoms with E-state index < -0.39 is 0 Å². The van der Waals surface area contributed by atoms with Crippen molar-refractivity contribution < 1.29 is 0 Å². The van der Waals surface area contributed by atoms with Crippen LogP contribution in [0.1, 0.15) is 0 Å². The zero-order valence-corrected chi connectivity index (χ0v) is 30.7. The van der Waals surface area contributed by atoms with Crippen LogP contribution in [0.4, 0.5) is 34.1 Å². The molecule has 0 saturated carbocycles. The fraction of sp³-hybridized carbons (Fsp3) is 0. The minimum absolute atomic E-state index is 1.14. The maximum atomic E-state index is 2.53. The van der Waals surface area contributed by atoms with Gasteiger partial charge in [-0.2, -0.15) is 0 Å². The van der Waals surface area contributed by atoms with Crippen LogP contribution in [-0.2, 0) is 0 Å². The molecule has 0 amide bonds. The normalized spacial score (nSPS) is 11.6. The summed E-state index contributed by atoms with van der Waals surface area (Å²) < 4.78 is 0. The van der Waals surface area contributed by atoms with Crippen LogP contribution in [-0.4, -0.2) is 0 Å². The highest BCUT2D eigenvalue weighted by Crippen LogP contribution is 2.53. The van der Waals surface area contributed by atoms with Crippen molar-refractivity contribution in [1.82, 2.24) is 0 Å². The monoisotopic (exact) mass is 712 g/mol. The molecule has 56 heavy (non-hydrogen) atoms. The predicted molar refractivity (Wildman–Crippen MR) is 241 cm³/mol. The maximum Gasteiger partial charge on any atom is 0.0620 e. The second-order valence-corrected chi connectivity index (χ2v) is 14.5. The molecule has 0 aromatic heterocycles. The summed E-state index contributed by atoms with van der Waals surface area (Å²) in [6.07, 6.45) is 0. The van der Waals surface area contributed by atoms with Crippen molar-refractivity contribution in [3.05, 3.63) is 218 Å². The number of hydrogen-bond donors (Lipinski definition) is 0. The molecule has 0 saturated heterocycles. The minimum atomic E-state index is 1.14. The minimum Gasteiger partial charge on any atom is -0.308 e. The van der Waals surface area contributed by atoms with Crippen LogP contribution >= 0.6 is 0 Å². The molecule has 0 bridgehead atoms. The fourth-order valence-electron chi connectivity index (χ4n) is 8.92. The van der Waals surface area contributed by atoms with Crippen molar-refractivity contribution in [2.45, 2.75) is 0 Å². The number of fused-ring (bicyclic) bond motifs is 6. The van der Waals surface area contributed by atoms with E-state index in [0.29, 0.717) is 0 Å². The van der Waals surface area contributed by atoms with Crippen LogP contribution in [0.3, 0.4) is 0 Å². The Morgan fingerprint density at radius 2 is 0.375 bits per heavy atom.